The number of rotatable bonds is 5. The summed E-state index contributed by atoms with van der Waals surface area (Å²) in [5.41, 5.74) is 0.508. The molecule has 0 saturated heterocycles. The van der Waals surface area contributed by atoms with Crippen molar-refractivity contribution in [3.8, 4) is 0 Å². The Kier molecular flexibility index (Phi) is 4.76. The molecule has 0 radical (unpaired) electrons. The second-order valence-corrected chi connectivity index (χ2v) is 4.03. The lowest BCUT2D eigenvalue weighted by Crippen LogP contribution is -1.95. The summed E-state index contributed by atoms with van der Waals surface area (Å²) in [7, 11) is 0. The highest BCUT2D eigenvalue weighted by atomic mass is 19.3. The molecule has 0 spiro atoms. The van der Waals surface area contributed by atoms with Crippen LogP contribution in [0.1, 0.15) is 23.1 Å². The standard InChI is InChI=1S/C15H12F3NO/c16-14-8-4-2-6-12(14)10-20-19-9-11-5-1-3-7-13(11)15(17)18/h1-9,15H,10H2. The van der Waals surface area contributed by atoms with E-state index in [4.69, 9.17) is 4.84 Å². The van der Waals surface area contributed by atoms with Crippen LogP contribution in [-0.4, -0.2) is 6.21 Å². The Morgan fingerprint density at radius 2 is 1.75 bits per heavy atom. The van der Waals surface area contributed by atoms with Gasteiger partial charge in [-0.15, -0.1) is 0 Å². The Labute approximate surface area is 114 Å². The van der Waals surface area contributed by atoms with E-state index in [-0.39, 0.29) is 17.7 Å². The fourth-order valence-corrected chi connectivity index (χ4v) is 1.64. The third-order valence-electron chi connectivity index (χ3n) is 2.68. The third-order valence-corrected chi connectivity index (χ3v) is 2.68. The maximum atomic E-state index is 13.3. The number of oxime groups is 1. The van der Waals surface area contributed by atoms with E-state index in [9.17, 15) is 13.2 Å². The van der Waals surface area contributed by atoms with Gasteiger partial charge in [0, 0.05) is 16.7 Å². The van der Waals surface area contributed by atoms with Gasteiger partial charge in [-0.25, -0.2) is 13.2 Å². The lowest BCUT2D eigenvalue weighted by molar-refractivity contribution is 0.129. The second-order valence-electron chi connectivity index (χ2n) is 4.03. The van der Waals surface area contributed by atoms with Crippen molar-refractivity contribution >= 4 is 6.21 Å². The van der Waals surface area contributed by atoms with E-state index in [1.54, 1.807) is 24.3 Å². The van der Waals surface area contributed by atoms with Crippen LogP contribution in [0.3, 0.4) is 0 Å². The van der Waals surface area contributed by atoms with Crippen LogP contribution in [0.2, 0.25) is 0 Å². The summed E-state index contributed by atoms with van der Waals surface area (Å²) in [6, 6.07) is 12.1. The molecule has 20 heavy (non-hydrogen) atoms. The number of halogens is 3. The average Bonchev–Trinajstić information content (AvgIpc) is 2.45. The summed E-state index contributed by atoms with van der Waals surface area (Å²) in [5, 5.41) is 3.60. The molecule has 0 atom stereocenters. The lowest BCUT2D eigenvalue weighted by Gasteiger charge is -2.04. The normalized spacial score (nSPS) is 11.2. The fraction of sp³-hybridized carbons (Fsp3) is 0.133. The number of alkyl halides is 2. The highest BCUT2D eigenvalue weighted by Gasteiger charge is 2.10. The van der Waals surface area contributed by atoms with E-state index in [0.29, 0.717) is 5.56 Å². The summed E-state index contributed by atoms with van der Waals surface area (Å²) < 4.78 is 38.7. The van der Waals surface area contributed by atoms with E-state index in [0.717, 1.165) is 0 Å². The van der Waals surface area contributed by atoms with Crippen molar-refractivity contribution in [2.45, 2.75) is 13.0 Å². The fourth-order valence-electron chi connectivity index (χ4n) is 1.64. The van der Waals surface area contributed by atoms with Gasteiger partial charge >= 0.3 is 0 Å². The molecule has 0 N–H and O–H groups in total. The monoisotopic (exact) mass is 279 g/mol. The van der Waals surface area contributed by atoms with Gasteiger partial charge in [-0.3, -0.25) is 0 Å². The van der Waals surface area contributed by atoms with Gasteiger partial charge in [-0.2, -0.15) is 0 Å². The minimum absolute atomic E-state index is 0.0555. The first kappa shape index (κ1) is 14.1. The van der Waals surface area contributed by atoms with Crippen LogP contribution in [0, 0.1) is 5.82 Å². The first-order chi connectivity index (χ1) is 9.68. The van der Waals surface area contributed by atoms with Crippen LogP contribution < -0.4 is 0 Å². The summed E-state index contributed by atoms with van der Waals surface area (Å²) in [5.74, 6) is -0.393. The van der Waals surface area contributed by atoms with Gasteiger partial charge in [-0.1, -0.05) is 47.6 Å². The Bertz CT molecular complexity index is 599. The molecular formula is C15H12F3NO. The van der Waals surface area contributed by atoms with Gasteiger partial charge in [0.2, 0.25) is 0 Å². The van der Waals surface area contributed by atoms with E-state index < -0.39 is 12.2 Å². The van der Waals surface area contributed by atoms with E-state index >= 15 is 0 Å². The topological polar surface area (TPSA) is 21.6 Å². The minimum atomic E-state index is -2.58. The first-order valence-electron chi connectivity index (χ1n) is 5.94. The van der Waals surface area contributed by atoms with Crippen molar-refractivity contribution in [2.75, 3.05) is 0 Å². The van der Waals surface area contributed by atoms with Crippen LogP contribution in [0.4, 0.5) is 13.2 Å². The first-order valence-corrected chi connectivity index (χ1v) is 5.94. The molecule has 0 aliphatic heterocycles. The molecule has 0 unspecified atom stereocenters. The Hall–Kier alpha value is -2.30. The zero-order valence-electron chi connectivity index (χ0n) is 10.5. The maximum Gasteiger partial charge on any atom is 0.264 e. The van der Waals surface area contributed by atoms with Crippen molar-refractivity contribution in [1.29, 1.82) is 0 Å². The summed E-state index contributed by atoms with van der Waals surface area (Å²) in [6.07, 6.45) is -1.38. The van der Waals surface area contributed by atoms with E-state index in [1.807, 2.05) is 0 Å². The molecule has 0 bridgehead atoms. The van der Waals surface area contributed by atoms with Crippen LogP contribution in [0.5, 0.6) is 0 Å². The van der Waals surface area contributed by atoms with Crippen LogP contribution in [0.25, 0.3) is 0 Å². The Morgan fingerprint density at radius 1 is 1.05 bits per heavy atom. The number of nitrogens with zero attached hydrogens (tertiary/aromatic N) is 1. The molecule has 0 saturated carbocycles. The van der Waals surface area contributed by atoms with Gasteiger partial charge in [0.1, 0.15) is 12.4 Å². The zero-order valence-corrected chi connectivity index (χ0v) is 10.5. The predicted octanol–water partition coefficient (Wildman–Crippen LogP) is 4.31. The summed E-state index contributed by atoms with van der Waals surface area (Å²) >= 11 is 0. The predicted molar refractivity (Wildman–Crippen MR) is 70.2 cm³/mol. The quantitative estimate of drug-likeness (QED) is 0.590. The smallest absolute Gasteiger partial charge is 0.264 e. The number of hydrogen-bond donors (Lipinski definition) is 0. The molecule has 0 amide bonds. The minimum Gasteiger partial charge on any atom is -0.391 e. The Morgan fingerprint density at radius 3 is 2.50 bits per heavy atom. The molecule has 104 valence electrons. The molecule has 0 aliphatic carbocycles. The van der Waals surface area contributed by atoms with Gasteiger partial charge in [0.15, 0.2) is 0 Å². The molecule has 0 aliphatic rings. The highest BCUT2D eigenvalue weighted by Crippen LogP contribution is 2.21. The van der Waals surface area contributed by atoms with E-state index in [2.05, 4.69) is 5.16 Å². The lowest BCUT2D eigenvalue weighted by atomic mass is 10.1. The van der Waals surface area contributed by atoms with Crippen molar-refractivity contribution in [3.05, 3.63) is 71.0 Å². The second kappa shape index (κ2) is 6.75. The van der Waals surface area contributed by atoms with Crippen molar-refractivity contribution in [3.63, 3.8) is 0 Å². The molecule has 0 fully saturated rings. The van der Waals surface area contributed by atoms with Crippen LogP contribution in [0.15, 0.2) is 53.7 Å². The van der Waals surface area contributed by atoms with Gasteiger partial charge in [0.05, 0.1) is 6.21 Å². The SMILES string of the molecule is Fc1ccccc1CON=Cc1ccccc1C(F)F. The molecule has 2 aromatic rings. The number of benzene rings is 2. The highest BCUT2D eigenvalue weighted by molar-refractivity contribution is 5.81. The van der Waals surface area contributed by atoms with Crippen LogP contribution in [-0.2, 0) is 11.4 Å². The van der Waals surface area contributed by atoms with Crippen molar-refractivity contribution in [1.82, 2.24) is 0 Å². The molecule has 5 heteroatoms. The largest absolute Gasteiger partial charge is 0.391 e. The summed E-state index contributed by atoms with van der Waals surface area (Å²) in [4.78, 5) is 4.92. The van der Waals surface area contributed by atoms with Gasteiger partial charge in [-0.05, 0) is 6.07 Å². The molecule has 2 rings (SSSR count). The molecule has 2 aromatic carbocycles. The summed E-state index contributed by atoms with van der Waals surface area (Å²) in [6.45, 7) is -0.0555. The third kappa shape index (κ3) is 3.60. The maximum absolute atomic E-state index is 13.3. The zero-order chi connectivity index (χ0) is 14.4. The van der Waals surface area contributed by atoms with Crippen molar-refractivity contribution < 1.29 is 18.0 Å². The van der Waals surface area contributed by atoms with Gasteiger partial charge < -0.3 is 4.84 Å². The Balaban J connectivity index is 1.99. The average molecular weight is 279 g/mol. The van der Waals surface area contributed by atoms with Crippen LogP contribution >= 0.6 is 0 Å². The molecular weight excluding hydrogens is 267 g/mol. The van der Waals surface area contributed by atoms with Gasteiger partial charge in [0.25, 0.3) is 6.43 Å². The number of hydrogen-bond acceptors (Lipinski definition) is 2. The van der Waals surface area contributed by atoms with E-state index in [1.165, 1.54) is 30.5 Å². The molecule has 0 heterocycles. The van der Waals surface area contributed by atoms with Crippen molar-refractivity contribution in [2.24, 2.45) is 5.16 Å². The molecule has 2 nitrogen and oxygen atoms in total. The molecule has 0 aromatic heterocycles.